The molecule has 0 bridgehead atoms. The van der Waals surface area contributed by atoms with Crippen LogP contribution >= 0.6 is 34.7 Å². The Balaban J connectivity index is 1.93. The van der Waals surface area contributed by atoms with Gasteiger partial charge in [-0.05, 0) is 24.3 Å². The number of anilines is 1. The molecule has 1 N–H and O–H groups in total. The molecule has 0 saturated carbocycles. The number of nitrogens with one attached hydrogen (secondary N) is 1. The predicted octanol–water partition coefficient (Wildman–Crippen LogP) is 4.29. The number of sulfonamides is 1. The van der Waals surface area contributed by atoms with Gasteiger partial charge in [-0.1, -0.05) is 46.8 Å². The van der Waals surface area contributed by atoms with Crippen molar-refractivity contribution in [3.8, 4) is 5.75 Å². The maximum atomic E-state index is 14.5. The van der Waals surface area contributed by atoms with Gasteiger partial charge >= 0.3 is 0 Å². The topological polar surface area (TPSA) is 81.2 Å². The molecular formula is C15H11ClFN3O3S3. The van der Waals surface area contributed by atoms with Crippen LogP contribution in [0.2, 0.25) is 5.02 Å². The van der Waals surface area contributed by atoms with Gasteiger partial charge in [0.25, 0.3) is 10.0 Å². The minimum Gasteiger partial charge on any atom is -0.496 e. The maximum absolute atomic E-state index is 14.5. The van der Waals surface area contributed by atoms with Crippen LogP contribution in [0.5, 0.6) is 5.75 Å². The van der Waals surface area contributed by atoms with Crippen molar-refractivity contribution in [1.29, 1.82) is 0 Å². The van der Waals surface area contributed by atoms with Crippen molar-refractivity contribution >= 4 is 49.9 Å². The van der Waals surface area contributed by atoms with E-state index in [2.05, 4.69) is 14.9 Å². The standard InChI is InChI=1S/C15H11ClFN3O3S3/c1-23-11-4-2-3-5-12(11)25-13-7-10(17)14(6-9(13)16)26(21,22)20-15-19-18-8-24-15/h2-8H,1H3,(H,19,20). The first-order valence-corrected chi connectivity index (χ1v) is 10.6. The maximum Gasteiger partial charge on any atom is 0.266 e. The van der Waals surface area contributed by atoms with E-state index in [-0.39, 0.29) is 10.2 Å². The summed E-state index contributed by atoms with van der Waals surface area (Å²) in [5.74, 6) is -0.326. The number of aromatic nitrogens is 2. The Hall–Kier alpha value is -1.88. The lowest BCUT2D eigenvalue weighted by Crippen LogP contribution is -2.14. The van der Waals surface area contributed by atoms with Crippen LogP contribution in [0.3, 0.4) is 0 Å². The van der Waals surface area contributed by atoms with Crippen LogP contribution in [0, 0.1) is 5.82 Å². The number of nitrogens with zero attached hydrogens (tertiary/aromatic N) is 2. The molecule has 1 aromatic heterocycles. The van der Waals surface area contributed by atoms with Crippen LogP contribution in [0.25, 0.3) is 0 Å². The van der Waals surface area contributed by atoms with Crippen molar-refractivity contribution in [2.45, 2.75) is 14.7 Å². The Morgan fingerprint density at radius 1 is 1.27 bits per heavy atom. The van der Waals surface area contributed by atoms with Crippen LogP contribution in [0.1, 0.15) is 0 Å². The van der Waals surface area contributed by atoms with Crippen molar-refractivity contribution in [2.75, 3.05) is 11.8 Å². The van der Waals surface area contributed by atoms with Crippen molar-refractivity contribution in [1.82, 2.24) is 10.2 Å². The van der Waals surface area contributed by atoms with Crippen LogP contribution in [0.4, 0.5) is 9.52 Å². The lowest BCUT2D eigenvalue weighted by atomic mass is 10.3. The average Bonchev–Trinajstić information content (AvgIpc) is 3.10. The van der Waals surface area contributed by atoms with Gasteiger partial charge in [0.15, 0.2) is 0 Å². The number of hydrogen-bond donors (Lipinski definition) is 1. The minimum absolute atomic E-state index is 0.0352. The molecule has 2 aromatic carbocycles. The molecular weight excluding hydrogens is 421 g/mol. The van der Waals surface area contributed by atoms with Crippen LogP contribution in [-0.4, -0.2) is 25.7 Å². The van der Waals surface area contributed by atoms with Crippen molar-refractivity contribution in [2.24, 2.45) is 0 Å². The fourth-order valence-electron chi connectivity index (χ4n) is 2.00. The van der Waals surface area contributed by atoms with Gasteiger partial charge in [-0.15, -0.1) is 10.2 Å². The summed E-state index contributed by atoms with van der Waals surface area (Å²) in [6.45, 7) is 0. The molecule has 0 amide bonds. The van der Waals surface area contributed by atoms with E-state index in [4.69, 9.17) is 16.3 Å². The SMILES string of the molecule is COc1ccccc1Sc1cc(F)c(S(=O)(=O)Nc2nncs2)cc1Cl. The highest BCUT2D eigenvalue weighted by atomic mass is 35.5. The number of methoxy groups -OCH3 is 1. The quantitative estimate of drug-likeness (QED) is 0.627. The van der Waals surface area contributed by atoms with E-state index in [1.807, 2.05) is 0 Å². The lowest BCUT2D eigenvalue weighted by molar-refractivity contribution is 0.405. The monoisotopic (exact) mass is 431 g/mol. The third-order valence-corrected chi connectivity index (χ3v) is 6.78. The second-order valence-corrected chi connectivity index (χ2v) is 8.79. The van der Waals surface area contributed by atoms with Crippen LogP contribution < -0.4 is 9.46 Å². The second kappa shape index (κ2) is 7.78. The number of rotatable bonds is 6. The third-order valence-electron chi connectivity index (χ3n) is 3.15. The zero-order chi connectivity index (χ0) is 18.7. The largest absolute Gasteiger partial charge is 0.496 e. The van der Waals surface area contributed by atoms with Gasteiger partial charge in [0.2, 0.25) is 5.13 Å². The number of halogens is 2. The van der Waals surface area contributed by atoms with E-state index in [1.165, 1.54) is 24.4 Å². The summed E-state index contributed by atoms with van der Waals surface area (Å²) < 4.78 is 46.6. The first-order valence-electron chi connectivity index (χ1n) is 6.99. The molecule has 3 aromatic rings. The highest BCUT2D eigenvalue weighted by Crippen LogP contribution is 2.39. The smallest absolute Gasteiger partial charge is 0.266 e. The number of benzene rings is 2. The molecule has 136 valence electrons. The first-order chi connectivity index (χ1) is 12.4. The van der Waals surface area contributed by atoms with Gasteiger partial charge in [-0.25, -0.2) is 12.8 Å². The number of para-hydroxylation sites is 1. The van der Waals surface area contributed by atoms with E-state index < -0.39 is 20.7 Å². The highest BCUT2D eigenvalue weighted by molar-refractivity contribution is 7.99. The van der Waals surface area contributed by atoms with E-state index in [0.29, 0.717) is 10.6 Å². The molecule has 0 spiro atoms. The van der Waals surface area contributed by atoms with Crippen LogP contribution in [-0.2, 0) is 10.0 Å². The molecule has 26 heavy (non-hydrogen) atoms. The second-order valence-electron chi connectivity index (χ2n) is 4.82. The van der Waals surface area contributed by atoms with Crippen LogP contribution in [0.15, 0.2) is 56.6 Å². The Bertz CT molecular complexity index is 1030. The van der Waals surface area contributed by atoms with Gasteiger partial charge in [0.05, 0.1) is 17.0 Å². The van der Waals surface area contributed by atoms with Crippen molar-refractivity contribution < 1.29 is 17.5 Å². The molecule has 0 aliphatic rings. The van der Waals surface area contributed by atoms with Gasteiger partial charge in [-0.3, -0.25) is 4.72 Å². The van der Waals surface area contributed by atoms with E-state index in [1.54, 1.807) is 24.3 Å². The normalized spacial score (nSPS) is 11.3. The third kappa shape index (κ3) is 4.09. The Morgan fingerprint density at radius 3 is 2.73 bits per heavy atom. The van der Waals surface area contributed by atoms with Crippen molar-refractivity contribution in [3.63, 3.8) is 0 Å². The summed E-state index contributed by atoms with van der Waals surface area (Å²) in [4.78, 5) is 0.518. The zero-order valence-electron chi connectivity index (χ0n) is 13.1. The minimum atomic E-state index is -4.17. The summed E-state index contributed by atoms with van der Waals surface area (Å²) in [6, 6.07) is 9.31. The fraction of sp³-hybridized carbons (Fsp3) is 0.0667. The summed E-state index contributed by atoms with van der Waals surface area (Å²) in [6.07, 6.45) is 0. The molecule has 0 saturated heterocycles. The lowest BCUT2D eigenvalue weighted by Gasteiger charge is -2.11. The summed E-state index contributed by atoms with van der Waals surface area (Å²) in [7, 11) is -2.65. The molecule has 0 fully saturated rings. The van der Waals surface area contributed by atoms with Gasteiger partial charge < -0.3 is 4.74 Å². The molecule has 0 atom stereocenters. The summed E-state index contributed by atoms with van der Waals surface area (Å²) in [5, 5.41) is 7.23. The number of hydrogen-bond acceptors (Lipinski definition) is 7. The van der Waals surface area contributed by atoms with Gasteiger partial charge in [0, 0.05) is 4.90 Å². The Labute approximate surface area is 162 Å². The molecule has 0 unspecified atom stereocenters. The van der Waals surface area contributed by atoms with Gasteiger partial charge in [-0.2, -0.15) is 0 Å². The molecule has 1 heterocycles. The van der Waals surface area contributed by atoms with Crippen molar-refractivity contribution in [3.05, 3.63) is 52.7 Å². The Morgan fingerprint density at radius 2 is 2.04 bits per heavy atom. The molecule has 0 aliphatic heterocycles. The average molecular weight is 432 g/mol. The summed E-state index contributed by atoms with van der Waals surface area (Å²) in [5.41, 5.74) is 1.36. The number of ether oxygens (including phenoxy) is 1. The molecule has 3 rings (SSSR count). The molecule has 0 radical (unpaired) electrons. The summed E-state index contributed by atoms with van der Waals surface area (Å²) >= 11 is 8.34. The fourth-order valence-corrected chi connectivity index (χ4v) is 5.08. The zero-order valence-corrected chi connectivity index (χ0v) is 16.3. The van der Waals surface area contributed by atoms with Gasteiger partial charge in [0.1, 0.15) is 22.0 Å². The van der Waals surface area contributed by atoms with E-state index >= 15 is 0 Å². The molecule has 0 aliphatic carbocycles. The molecule has 6 nitrogen and oxygen atoms in total. The molecule has 11 heteroatoms. The highest BCUT2D eigenvalue weighted by Gasteiger charge is 2.23. The van der Waals surface area contributed by atoms with E-state index in [0.717, 1.165) is 28.4 Å². The van der Waals surface area contributed by atoms with E-state index in [9.17, 15) is 12.8 Å². The predicted molar refractivity (Wildman–Crippen MR) is 99.2 cm³/mol. The Kier molecular flexibility index (Phi) is 5.66. The first kappa shape index (κ1) is 18.9.